The lowest BCUT2D eigenvalue weighted by molar-refractivity contribution is -0.116. The molecular weight excluding hydrogens is 276 g/mol. The minimum absolute atomic E-state index is 0.00976. The molecule has 110 valence electrons. The first-order chi connectivity index (χ1) is 10.6. The van der Waals surface area contributed by atoms with Gasteiger partial charge in [-0.15, -0.1) is 0 Å². The number of Topliss-reactive ketones (excluding diaryl/α,β-unsaturated/α-hetero) is 2. The normalized spacial score (nSPS) is 10.8. The van der Waals surface area contributed by atoms with E-state index in [1.54, 1.807) is 19.1 Å². The molecule has 1 heterocycles. The van der Waals surface area contributed by atoms with E-state index in [0.29, 0.717) is 11.3 Å². The van der Waals surface area contributed by atoms with Gasteiger partial charge in [-0.25, -0.2) is 0 Å². The number of carbonyl (C=O) groups is 2. The lowest BCUT2D eigenvalue weighted by Gasteiger charge is -2.02. The molecule has 3 nitrogen and oxygen atoms in total. The summed E-state index contributed by atoms with van der Waals surface area (Å²) in [5.41, 5.74) is 2.19. The van der Waals surface area contributed by atoms with Gasteiger partial charge >= 0.3 is 0 Å². The van der Waals surface area contributed by atoms with E-state index < -0.39 is 0 Å². The number of carbonyl (C=O) groups excluding carboxylic acids is 2. The van der Waals surface area contributed by atoms with Crippen molar-refractivity contribution in [2.24, 2.45) is 0 Å². The van der Waals surface area contributed by atoms with Crippen LogP contribution in [0.4, 0.5) is 0 Å². The maximum Gasteiger partial charge on any atom is 0.170 e. The van der Waals surface area contributed by atoms with Gasteiger partial charge in [0, 0.05) is 22.9 Å². The van der Waals surface area contributed by atoms with Gasteiger partial charge in [-0.2, -0.15) is 0 Å². The summed E-state index contributed by atoms with van der Waals surface area (Å²) in [6.07, 6.45) is 0.454. The van der Waals surface area contributed by atoms with Crippen LogP contribution in [-0.2, 0) is 17.6 Å². The molecule has 0 fully saturated rings. The molecule has 0 amide bonds. The van der Waals surface area contributed by atoms with Gasteiger partial charge in [-0.1, -0.05) is 48.5 Å². The highest BCUT2D eigenvalue weighted by Gasteiger charge is 2.18. The van der Waals surface area contributed by atoms with E-state index in [2.05, 4.69) is 0 Å². The summed E-state index contributed by atoms with van der Waals surface area (Å²) >= 11 is 0. The molecule has 0 spiro atoms. The summed E-state index contributed by atoms with van der Waals surface area (Å²) in [6.45, 7) is 1.55. The Morgan fingerprint density at radius 1 is 0.909 bits per heavy atom. The molecule has 3 aromatic rings. The molecule has 22 heavy (non-hydrogen) atoms. The number of furan rings is 1. The quantitative estimate of drug-likeness (QED) is 0.668. The van der Waals surface area contributed by atoms with Gasteiger partial charge < -0.3 is 4.42 Å². The number of rotatable bonds is 5. The van der Waals surface area contributed by atoms with Crippen molar-refractivity contribution in [2.45, 2.75) is 19.8 Å². The Kier molecular flexibility index (Phi) is 3.88. The first-order valence-corrected chi connectivity index (χ1v) is 7.22. The summed E-state index contributed by atoms with van der Waals surface area (Å²) in [5.74, 6) is 0.634. The van der Waals surface area contributed by atoms with E-state index in [1.807, 2.05) is 42.5 Å². The Hall–Kier alpha value is -2.68. The molecule has 0 atom stereocenters. The zero-order valence-electron chi connectivity index (χ0n) is 12.3. The predicted molar refractivity (Wildman–Crippen MR) is 85.1 cm³/mol. The van der Waals surface area contributed by atoms with Gasteiger partial charge in [0.05, 0.1) is 6.42 Å². The van der Waals surface area contributed by atoms with Crippen LogP contribution in [0.1, 0.15) is 28.6 Å². The largest absolute Gasteiger partial charge is 0.460 e. The number of para-hydroxylation sites is 1. The Labute approximate surface area is 128 Å². The lowest BCUT2D eigenvalue weighted by atomic mass is 10.0. The van der Waals surface area contributed by atoms with E-state index in [1.165, 1.54) is 0 Å². The molecule has 0 N–H and O–H groups in total. The lowest BCUT2D eigenvalue weighted by Crippen LogP contribution is -2.06. The zero-order valence-corrected chi connectivity index (χ0v) is 12.3. The van der Waals surface area contributed by atoms with Crippen LogP contribution in [0.5, 0.6) is 0 Å². The summed E-state index contributed by atoms with van der Waals surface area (Å²) in [5, 5.41) is 0.911. The molecule has 0 aliphatic heterocycles. The van der Waals surface area contributed by atoms with Crippen molar-refractivity contribution < 1.29 is 14.0 Å². The summed E-state index contributed by atoms with van der Waals surface area (Å²) in [7, 11) is 0. The monoisotopic (exact) mass is 292 g/mol. The summed E-state index contributed by atoms with van der Waals surface area (Å²) < 4.78 is 5.82. The number of fused-ring (bicyclic) bond motifs is 1. The van der Waals surface area contributed by atoms with Crippen LogP contribution in [0.15, 0.2) is 59.0 Å². The Morgan fingerprint density at radius 3 is 2.32 bits per heavy atom. The van der Waals surface area contributed by atoms with E-state index in [-0.39, 0.29) is 24.4 Å². The van der Waals surface area contributed by atoms with Crippen LogP contribution in [0.3, 0.4) is 0 Å². The average Bonchev–Trinajstić information content (AvgIpc) is 2.85. The number of ketones is 2. The smallest absolute Gasteiger partial charge is 0.170 e. The highest BCUT2D eigenvalue weighted by atomic mass is 16.3. The predicted octanol–water partition coefficient (Wildman–Crippen LogP) is 3.99. The fourth-order valence-corrected chi connectivity index (χ4v) is 2.61. The summed E-state index contributed by atoms with van der Waals surface area (Å²) in [4.78, 5) is 23.9. The zero-order chi connectivity index (χ0) is 15.5. The van der Waals surface area contributed by atoms with Gasteiger partial charge in [-0.3, -0.25) is 9.59 Å². The van der Waals surface area contributed by atoms with Crippen LogP contribution in [0, 0.1) is 0 Å². The number of hydrogen-bond donors (Lipinski definition) is 0. The third-order valence-electron chi connectivity index (χ3n) is 3.62. The van der Waals surface area contributed by atoms with E-state index in [4.69, 9.17) is 4.42 Å². The maximum atomic E-state index is 12.4. The highest BCUT2D eigenvalue weighted by molar-refractivity contribution is 5.98. The standard InChI is InChI=1S/C19H16O3/c1-13(20)11-16-15-9-5-6-10-18(15)22-19(16)12-17(21)14-7-3-2-4-8-14/h2-10H,11-12H2,1H3. The van der Waals surface area contributed by atoms with Crippen molar-refractivity contribution in [1.29, 1.82) is 0 Å². The van der Waals surface area contributed by atoms with Gasteiger partial charge in [0.2, 0.25) is 0 Å². The minimum atomic E-state index is -0.00976. The van der Waals surface area contributed by atoms with Crippen molar-refractivity contribution in [3.05, 3.63) is 71.5 Å². The number of hydrogen-bond acceptors (Lipinski definition) is 3. The Morgan fingerprint density at radius 2 is 1.59 bits per heavy atom. The third kappa shape index (κ3) is 2.84. The molecular formula is C19H16O3. The topological polar surface area (TPSA) is 47.3 Å². The second kappa shape index (κ2) is 5.98. The van der Waals surface area contributed by atoms with Crippen LogP contribution >= 0.6 is 0 Å². The van der Waals surface area contributed by atoms with Crippen molar-refractivity contribution in [3.8, 4) is 0 Å². The number of benzene rings is 2. The fraction of sp³-hybridized carbons (Fsp3) is 0.158. The maximum absolute atomic E-state index is 12.4. The molecule has 3 heteroatoms. The summed E-state index contributed by atoms with van der Waals surface area (Å²) in [6, 6.07) is 16.7. The molecule has 0 radical (unpaired) electrons. The van der Waals surface area contributed by atoms with Crippen LogP contribution in [0.2, 0.25) is 0 Å². The van der Waals surface area contributed by atoms with Gasteiger partial charge in [0.25, 0.3) is 0 Å². The molecule has 3 rings (SSSR count). The Bertz CT molecular complexity index is 828. The van der Waals surface area contributed by atoms with E-state index >= 15 is 0 Å². The fourth-order valence-electron chi connectivity index (χ4n) is 2.61. The van der Waals surface area contributed by atoms with Crippen LogP contribution < -0.4 is 0 Å². The van der Waals surface area contributed by atoms with Gasteiger partial charge in [0.1, 0.15) is 17.1 Å². The first-order valence-electron chi connectivity index (χ1n) is 7.22. The van der Waals surface area contributed by atoms with E-state index in [0.717, 1.165) is 16.5 Å². The van der Waals surface area contributed by atoms with E-state index in [9.17, 15) is 9.59 Å². The highest BCUT2D eigenvalue weighted by Crippen LogP contribution is 2.27. The molecule has 0 saturated carbocycles. The molecule has 0 bridgehead atoms. The van der Waals surface area contributed by atoms with Crippen LogP contribution in [0.25, 0.3) is 11.0 Å². The van der Waals surface area contributed by atoms with Gasteiger partial charge in [-0.05, 0) is 13.0 Å². The minimum Gasteiger partial charge on any atom is -0.460 e. The van der Waals surface area contributed by atoms with Crippen molar-refractivity contribution in [2.75, 3.05) is 0 Å². The second-order valence-electron chi connectivity index (χ2n) is 5.34. The van der Waals surface area contributed by atoms with Crippen LogP contribution in [-0.4, -0.2) is 11.6 Å². The first kappa shape index (κ1) is 14.3. The molecule has 0 aliphatic rings. The SMILES string of the molecule is CC(=O)Cc1c(CC(=O)c2ccccc2)oc2ccccc12. The van der Waals surface area contributed by atoms with Crippen molar-refractivity contribution in [1.82, 2.24) is 0 Å². The second-order valence-corrected chi connectivity index (χ2v) is 5.34. The molecule has 0 aliphatic carbocycles. The molecule has 1 aromatic heterocycles. The third-order valence-corrected chi connectivity index (χ3v) is 3.62. The average molecular weight is 292 g/mol. The molecule has 0 unspecified atom stereocenters. The molecule has 0 saturated heterocycles. The Balaban J connectivity index is 1.99. The van der Waals surface area contributed by atoms with Gasteiger partial charge in [0.15, 0.2) is 5.78 Å². The molecule has 2 aromatic carbocycles. The van der Waals surface area contributed by atoms with Crippen molar-refractivity contribution >= 4 is 22.5 Å². The van der Waals surface area contributed by atoms with Crippen molar-refractivity contribution in [3.63, 3.8) is 0 Å².